The van der Waals surface area contributed by atoms with E-state index in [4.69, 9.17) is 0 Å². The van der Waals surface area contributed by atoms with Crippen LogP contribution in [0.25, 0.3) is 0 Å². The fourth-order valence-electron chi connectivity index (χ4n) is 1.74. The van der Waals surface area contributed by atoms with Gasteiger partial charge in [-0.2, -0.15) is 0 Å². The topological polar surface area (TPSA) is 3.24 Å². The Kier molecular flexibility index (Phi) is 2.35. The Bertz CT molecular complexity index is 300. The van der Waals surface area contributed by atoms with Gasteiger partial charge < -0.3 is 4.90 Å². The summed E-state index contributed by atoms with van der Waals surface area (Å²) >= 11 is 0. The van der Waals surface area contributed by atoms with E-state index >= 15 is 0 Å². The zero-order valence-corrected chi connectivity index (χ0v) is 8.03. The Morgan fingerprint density at radius 3 is 2.62 bits per heavy atom. The molecule has 1 aliphatic rings. The Balaban J connectivity index is 2.03. The van der Waals surface area contributed by atoms with Gasteiger partial charge >= 0.3 is 0 Å². The van der Waals surface area contributed by atoms with Crippen LogP contribution in [0.1, 0.15) is 18.9 Å². The molecule has 0 fully saturated rings. The summed E-state index contributed by atoms with van der Waals surface area (Å²) in [6.45, 7) is 4.43. The zero-order chi connectivity index (χ0) is 9.10. The van der Waals surface area contributed by atoms with Gasteiger partial charge in [-0.05, 0) is 18.9 Å². The highest BCUT2D eigenvalue weighted by molar-refractivity contribution is 5.16. The van der Waals surface area contributed by atoms with E-state index < -0.39 is 0 Å². The van der Waals surface area contributed by atoms with E-state index in [9.17, 15) is 0 Å². The van der Waals surface area contributed by atoms with E-state index in [0.717, 1.165) is 6.54 Å². The minimum Gasteiger partial charge on any atom is -0.371 e. The number of nitrogens with zero attached hydrogens (tertiary/aromatic N) is 1. The second kappa shape index (κ2) is 3.65. The summed E-state index contributed by atoms with van der Waals surface area (Å²) in [7, 11) is 0. The Labute approximate surface area is 79.7 Å². The first-order valence-electron chi connectivity index (χ1n) is 4.82. The lowest BCUT2D eigenvalue weighted by Gasteiger charge is -2.19. The molecule has 1 aromatic rings. The summed E-state index contributed by atoms with van der Waals surface area (Å²) in [5, 5.41) is 0. The Morgan fingerprint density at radius 2 is 2.00 bits per heavy atom. The molecule has 13 heavy (non-hydrogen) atoms. The highest BCUT2D eigenvalue weighted by Crippen LogP contribution is 2.16. The van der Waals surface area contributed by atoms with Gasteiger partial charge in [0.2, 0.25) is 0 Å². The van der Waals surface area contributed by atoms with E-state index in [-0.39, 0.29) is 0 Å². The van der Waals surface area contributed by atoms with E-state index in [1.807, 2.05) is 0 Å². The smallest absolute Gasteiger partial charge is 0.0426 e. The van der Waals surface area contributed by atoms with Crippen molar-refractivity contribution in [2.45, 2.75) is 19.9 Å². The highest BCUT2D eigenvalue weighted by Gasteiger charge is 2.10. The lowest BCUT2D eigenvalue weighted by atomic mass is 10.2. The molecule has 0 N–H and O–H groups in total. The molecule has 0 aliphatic carbocycles. The van der Waals surface area contributed by atoms with Gasteiger partial charge in [-0.1, -0.05) is 36.4 Å². The van der Waals surface area contributed by atoms with Crippen LogP contribution < -0.4 is 0 Å². The summed E-state index contributed by atoms with van der Waals surface area (Å²) < 4.78 is 0. The standard InChI is InChI=1S/C12H15N/c1-11-6-5-9-13(11)10-12-7-3-2-4-8-12/h2-4,6-8H,5,9-10H2,1H3. The van der Waals surface area contributed by atoms with Gasteiger partial charge in [-0.15, -0.1) is 0 Å². The van der Waals surface area contributed by atoms with Crippen molar-refractivity contribution in [3.05, 3.63) is 47.7 Å². The maximum Gasteiger partial charge on any atom is 0.0426 e. The lowest BCUT2D eigenvalue weighted by molar-refractivity contribution is 0.370. The molecule has 1 heterocycles. The van der Waals surface area contributed by atoms with Gasteiger partial charge in [0.1, 0.15) is 0 Å². The molecule has 0 unspecified atom stereocenters. The van der Waals surface area contributed by atoms with Gasteiger partial charge in [0.05, 0.1) is 0 Å². The van der Waals surface area contributed by atoms with Crippen LogP contribution in [0.3, 0.4) is 0 Å². The summed E-state index contributed by atoms with van der Waals surface area (Å²) in [5.74, 6) is 0. The molecule has 0 bridgehead atoms. The van der Waals surface area contributed by atoms with Crippen LogP contribution in [0.15, 0.2) is 42.1 Å². The predicted molar refractivity (Wildman–Crippen MR) is 55.2 cm³/mol. The van der Waals surface area contributed by atoms with Gasteiger partial charge in [0.15, 0.2) is 0 Å². The molecule has 1 aliphatic heterocycles. The number of hydrogen-bond donors (Lipinski definition) is 0. The van der Waals surface area contributed by atoms with Gasteiger partial charge in [-0.25, -0.2) is 0 Å². The van der Waals surface area contributed by atoms with Crippen molar-refractivity contribution < 1.29 is 0 Å². The van der Waals surface area contributed by atoms with Crippen molar-refractivity contribution >= 4 is 0 Å². The normalized spacial score (nSPS) is 16.1. The van der Waals surface area contributed by atoms with Crippen LogP contribution in [0.5, 0.6) is 0 Å². The van der Waals surface area contributed by atoms with Crippen molar-refractivity contribution in [2.75, 3.05) is 6.54 Å². The Morgan fingerprint density at radius 1 is 1.23 bits per heavy atom. The minimum absolute atomic E-state index is 1.06. The Hall–Kier alpha value is -1.24. The number of benzene rings is 1. The van der Waals surface area contributed by atoms with Gasteiger partial charge in [-0.3, -0.25) is 0 Å². The average molecular weight is 173 g/mol. The quantitative estimate of drug-likeness (QED) is 0.664. The van der Waals surface area contributed by atoms with Crippen molar-refractivity contribution in [3.8, 4) is 0 Å². The SMILES string of the molecule is CC1=CCCN1Cc1ccccc1. The van der Waals surface area contributed by atoms with Crippen LogP contribution in [0.2, 0.25) is 0 Å². The average Bonchev–Trinajstić information content (AvgIpc) is 2.54. The molecule has 0 amide bonds. The zero-order valence-electron chi connectivity index (χ0n) is 8.03. The first-order valence-corrected chi connectivity index (χ1v) is 4.82. The second-order valence-electron chi connectivity index (χ2n) is 3.54. The summed E-state index contributed by atoms with van der Waals surface area (Å²) in [5.41, 5.74) is 2.82. The van der Waals surface area contributed by atoms with E-state index in [2.05, 4.69) is 48.2 Å². The predicted octanol–water partition coefficient (Wildman–Crippen LogP) is 2.80. The van der Waals surface area contributed by atoms with Crippen LogP contribution in [0.4, 0.5) is 0 Å². The van der Waals surface area contributed by atoms with E-state index in [1.165, 1.54) is 24.2 Å². The van der Waals surface area contributed by atoms with Crippen molar-refractivity contribution in [3.63, 3.8) is 0 Å². The monoisotopic (exact) mass is 173 g/mol. The molecule has 0 spiro atoms. The van der Waals surface area contributed by atoms with Crippen molar-refractivity contribution in [1.82, 2.24) is 4.90 Å². The summed E-state index contributed by atoms with van der Waals surface area (Å²) in [6, 6.07) is 10.6. The lowest BCUT2D eigenvalue weighted by Crippen LogP contribution is -2.17. The molecule has 2 rings (SSSR count). The maximum atomic E-state index is 2.43. The van der Waals surface area contributed by atoms with Gasteiger partial charge in [0, 0.05) is 18.8 Å². The molecule has 0 saturated carbocycles. The maximum absolute atomic E-state index is 2.43. The third-order valence-corrected chi connectivity index (χ3v) is 2.55. The largest absolute Gasteiger partial charge is 0.371 e. The molecule has 0 radical (unpaired) electrons. The third kappa shape index (κ3) is 1.92. The number of rotatable bonds is 2. The van der Waals surface area contributed by atoms with Crippen molar-refractivity contribution in [2.24, 2.45) is 0 Å². The van der Waals surface area contributed by atoms with Crippen molar-refractivity contribution in [1.29, 1.82) is 0 Å². The molecule has 0 aromatic heterocycles. The molecular weight excluding hydrogens is 158 g/mol. The minimum atomic E-state index is 1.06. The van der Waals surface area contributed by atoms with Crippen LogP contribution in [-0.4, -0.2) is 11.4 Å². The molecule has 1 heteroatoms. The number of hydrogen-bond acceptors (Lipinski definition) is 1. The molecule has 0 atom stereocenters. The van der Waals surface area contributed by atoms with E-state index in [1.54, 1.807) is 0 Å². The van der Waals surface area contributed by atoms with Crippen LogP contribution >= 0.6 is 0 Å². The molecule has 0 saturated heterocycles. The van der Waals surface area contributed by atoms with Gasteiger partial charge in [0.25, 0.3) is 0 Å². The highest BCUT2D eigenvalue weighted by atomic mass is 15.1. The fourth-order valence-corrected chi connectivity index (χ4v) is 1.74. The molecule has 68 valence electrons. The van der Waals surface area contributed by atoms with Crippen LogP contribution in [-0.2, 0) is 6.54 Å². The fraction of sp³-hybridized carbons (Fsp3) is 0.333. The second-order valence-corrected chi connectivity index (χ2v) is 3.54. The first kappa shape index (κ1) is 8.36. The molecule has 1 aromatic carbocycles. The molecule has 1 nitrogen and oxygen atoms in total. The summed E-state index contributed by atoms with van der Waals surface area (Å²) in [6.07, 6.45) is 3.52. The number of allylic oxidation sites excluding steroid dienone is 1. The summed E-state index contributed by atoms with van der Waals surface area (Å²) in [4.78, 5) is 2.43. The van der Waals surface area contributed by atoms with Crippen LogP contribution in [0, 0.1) is 0 Å². The third-order valence-electron chi connectivity index (χ3n) is 2.55. The molecular formula is C12H15N. The van der Waals surface area contributed by atoms with E-state index in [0.29, 0.717) is 0 Å². The first-order chi connectivity index (χ1) is 6.36.